The van der Waals surface area contributed by atoms with E-state index >= 15 is 0 Å². The lowest BCUT2D eigenvalue weighted by molar-refractivity contribution is 0.0776. The lowest BCUT2D eigenvalue weighted by Gasteiger charge is -2.31. The topological polar surface area (TPSA) is 143 Å². The lowest BCUT2D eigenvalue weighted by Crippen LogP contribution is -2.51. The third kappa shape index (κ3) is 7.15. The van der Waals surface area contributed by atoms with Gasteiger partial charge < -0.3 is 20.6 Å². The van der Waals surface area contributed by atoms with Crippen LogP contribution in [-0.2, 0) is 16.4 Å². The molecule has 0 unspecified atom stereocenters. The van der Waals surface area contributed by atoms with Gasteiger partial charge in [0.05, 0.1) is 17.0 Å². The Kier molecular flexibility index (Phi) is 9.03. The van der Waals surface area contributed by atoms with E-state index in [1.165, 1.54) is 46.8 Å². The Morgan fingerprint density at radius 3 is 2.35 bits per heavy atom. The zero-order chi connectivity index (χ0) is 28.9. The summed E-state index contributed by atoms with van der Waals surface area (Å²) in [5.41, 5.74) is 7.21. The first kappa shape index (κ1) is 29.0. The van der Waals surface area contributed by atoms with Crippen molar-refractivity contribution in [3.8, 4) is 0 Å². The molecule has 0 aliphatic heterocycles. The van der Waals surface area contributed by atoms with Crippen molar-refractivity contribution in [2.45, 2.75) is 37.3 Å². The van der Waals surface area contributed by atoms with Crippen LogP contribution in [-0.4, -0.2) is 49.0 Å². The third-order valence-electron chi connectivity index (χ3n) is 6.44. The van der Waals surface area contributed by atoms with Gasteiger partial charge in [-0.1, -0.05) is 44.2 Å². The van der Waals surface area contributed by atoms with Crippen molar-refractivity contribution in [1.29, 1.82) is 0 Å². The van der Waals surface area contributed by atoms with Crippen molar-refractivity contribution in [2.75, 3.05) is 18.8 Å². The Morgan fingerprint density at radius 1 is 0.975 bits per heavy atom. The molecule has 1 heterocycles. The average Bonchev–Trinajstić information content (AvgIpc) is 2.92. The van der Waals surface area contributed by atoms with E-state index in [1.807, 2.05) is 44.2 Å². The van der Waals surface area contributed by atoms with Crippen LogP contribution in [0.5, 0.6) is 0 Å². The molecule has 40 heavy (non-hydrogen) atoms. The van der Waals surface area contributed by atoms with Crippen LogP contribution >= 0.6 is 0 Å². The van der Waals surface area contributed by atoms with Gasteiger partial charge in [-0.25, -0.2) is 13.2 Å². The highest BCUT2D eigenvalue weighted by molar-refractivity contribution is 7.89. The maximum atomic E-state index is 13.5. The standard InChI is InChI=1S/C30H33N3O6S/c1-20(2)18-33(40(37,38)25-12-10-24(31)11-13-25)19-27(34)26(16-21-6-4-3-5-7-21)32-30(36)23-8-14-28-22(17-23)9-15-29(35)39-28/h3-15,17,20,26-27,34H,16,18-19,31H2,1-2H3,(H,32,36)/t26-,27+/m0/s1. The van der Waals surface area contributed by atoms with Gasteiger partial charge in [-0.2, -0.15) is 4.31 Å². The fraction of sp³-hybridized carbons (Fsp3) is 0.267. The predicted molar refractivity (Wildman–Crippen MR) is 154 cm³/mol. The number of benzene rings is 3. The highest BCUT2D eigenvalue weighted by Gasteiger charge is 2.31. The van der Waals surface area contributed by atoms with Crippen molar-refractivity contribution in [1.82, 2.24) is 9.62 Å². The summed E-state index contributed by atoms with van der Waals surface area (Å²) in [6.07, 6.45) is -0.960. The number of rotatable bonds is 11. The summed E-state index contributed by atoms with van der Waals surface area (Å²) < 4.78 is 33.5. The highest BCUT2D eigenvalue weighted by atomic mass is 32.2. The van der Waals surface area contributed by atoms with Gasteiger partial charge in [0.2, 0.25) is 10.0 Å². The number of aliphatic hydroxyl groups excluding tert-OH is 1. The first-order chi connectivity index (χ1) is 19.0. The van der Waals surface area contributed by atoms with E-state index in [0.717, 1.165) is 5.56 Å². The van der Waals surface area contributed by atoms with Crippen LogP contribution in [0.25, 0.3) is 11.0 Å². The number of hydrogen-bond acceptors (Lipinski definition) is 7. The Bertz CT molecular complexity index is 1620. The SMILES string of the molecule is CC(C)CN(C[C@@H](O)[C@H](Cc1ccccc1)NC(=O)c1ccc2oc(=O)ccc2c1)S(=O)(=O)c1ccc(N)cc1. The van der Waals surface area contributed by atoms with E-state index in [9.17, 15) is 23.1 Å². The molecule has 4 N–H and O–H groups in total. The van der Waals surface area contributed by atoms with Gasteiger partial charge in [0.25, 0.3) is 5.91 Å². The van der Waals surface area contributed by atoms with Gasteiger partial charge in [-0.05, 0) is 66.4 Å². The van der Waals surface area contributed by atoms with Crippen LogP contribution in [0, 0.1) is 5.92 Å². The normalized spacial score (nSPS) is 13.4. The van der Waals surface area contributed by atoms with Gasteiger partial charge in [-0.3, -0.25) is 4.79 Å². The molecule has 210 valence electrons. The number of nitrogen functional groups attached to an aromatic ring is 1. The van der Waals surface area contributed by atoms with E-state index in [2.05, 4.69) is 5.32 Å². The molecular formula is C30H33N3O6S. The zero-order valence-electron chi connectivity index (χ0n) is 22.4. The Labute approximate surface area is 233 Å². The number of carbonyl (C=O) groups excluding carboxylic acids is 1. The molecule has 0 aliphatic carbocycles. The summed E-state index contributed by atoms with van der Waals surface area (Å²) in [4.78, 5) is 24.9. The molecular weight excluding hydrogens is 530 g/mol. The molecule has 1 aromatic heterocycles. The summed E-state index contributed by atoms with van der Waals surface area (Å²) in [7, 11) is -3.95. The third-order valence-corrected chi connectivity index (χ3v) is 8.28. The van der Waals surface area contributed by atoms with E-state index in [1.54, 1.807) is 12.1 Å². The van der Waals surface area contributed by atoms with Crippen LogP contribution in [0.4, 0.5) is 5.69 Å². The molecule has 4 rings (SSSR count). The number of nitrogens with zero attached hydrogens (tertiary/aromatic N) is 1. The number of nitrogens with one attached hydrogen (secondary N) is 1. The van der Waals surface area contributed by atoms with Crippen molar-refractivity contribution in [3.63, 3.8) is 0 Å². The molecule has 4 aromatic rings. The molecule has 9 nitrogen and oxygen atoms in total. The fourth-order valence-electron chi connectivity index (χ4n) is 4.42. The molecule has 10 heteroatoms. The van der Waals surface area contributed by atoms with E-state index in [4.69, 9.17) is 10.2 Å². The minimum absolute atomic E-state index is 0.0180. The maximum absolute atomic E-state index is 13.5. The van der Waals surface area contributed by atoms with Gasteiger partial charge in [0.15, 0.2) is 0 Å². The molecule has 2 atom stereocenters. The number of anilines is 1. The molecule has 0 spiro atoms. The van der Waals surface area contributed by atoms with Gasteiger partial charge >= 0.3 is 5.63 Å². The fourth-order valence-corrected chi connectivity index (χ4v) is 6.04. The van der Waals surface area contributed by atoms with E-state index in [-0.39, 0.29) is 30.3 Å². The van der Waals surface area contributed by atoms with Gasteiger partial charge in [0, 0.05) is 35.8 Å². The van der Waals surface area contributed by atoms with Crippen LogP contribution < -0.4 is 16.7 Å². The number of carbonyl (C=O) groups is 1. The van der Waals surface area contributed by atoms with Crippen LogP contribution in [0.15, 0.2) is 99.0 Å². The summed E-state index contributed by atoms with van der Waals surface area (Å²) in [6, 6.07) is 21.9. The van der Waals surface area contributed by atoms with Crippen LogP contribution in [0.2, 0.25) is 0 Å². The second kappa shape index (κ2) is 12.5. The van der Waals surface area contributed by atoms with Gasteiger partial charge in [0.1, 0.15) is 5.58 Å². The summed E-state index contributed by atoms with van der Waals surface area (Å²) in [5.74, 6) is -0.472. The minimum Gasteiger partial charge on any atom is -0.423 e. The number of nitrogens with two attached hydrogens (primary N) is 1. The molecule has 0 saturated carbocycles. The first-order valence-corrected chi connectivity index (χ1v) is 14.4. The van der Waals surface area contributed by atoms with E-state index < -0.39 is 33.7 Å². The van der Waals surface area contributed by atoms with Crippen molar-refractivity contribution >= 4 is 32.6 Å². The lowest BCUT2D eigenvalue weighted by atomic mass is 10.00. The maximum Gasteiger partial charge on any atom is 0.336 e. The summed E-state index contributed by atoms with van der Waals surface area (Å²) in [5, 5.41) is 14.9. The molecule has 3 aromatic carbocycles. The number of hydrogen-bond donors (Lipinski definition) is 3. The summed E-state index contributed by atoms with van der Waals surface area (Å²) in [6.45, 7) is 3.73. The van der Waals surface area contributed by atoms with Crippen molar-refractivity contribution in [3.05, 3.63) is 106 Å². The molecule has 1 amide bonds. The largest absolute Gasteiger partial charge is 0.423 e. The first-order valence-electron chi connectivity index (χ1n) is 13.0. The Balaban J connectivity index is 1.61. The van der Waals surface area contributed by atoms with Crippen molar-refractivity contribution in [2.24, 2.45) is 5.92 Å². The smallest absolute Gasteiger partial charge is 0.336 e. The summed E-state index contributed by atoms with van der Waals surface area (Å²) >= 11 is 0. The van der Waals surface area contributed by atoms with E-state index in [0.29, 0.717) is 22.2 Å². The molecule has 0 aliphatic rings. The molecule has 0 bridgehead atoms. The van der Waals surface area contributed by atoms with Crippen molar-refractivity contribution < 1.29 is 22.7 Å². The van der Waals surface area contributed by atoms with Crippen LogP contribution in [0.1, 0.15) is 29.8 Å². The quantitative estimate of drug-likeness (QED) is 0.187. The molecule has 0 fully saturated rings. The second-order valence-electron chi connectivity index (χ2n) is 10.1. The monoisotopic (exact) mass is 563 g/mol. The number of fused-ring (bicyclic) bond motifs is 1. The zero-order valence-corrected chi connectivity index (χ0v) is 23.2. The highest BCUT2D eigenvalue weighted by Crippen LogP contribution is 2.21. The average molecular weight is 564 g/mol. The molecule has 0 saturated heterocycles. The minimum atomic E-state index is -3.95. The Morgan fingerprint density at radius 2 is 1.68 bits per heavy atom. The number of aliphatic hydroxyl groups is 1. The Hall–Kier alpha value is -3.99. The number of amides is 1. The van der Waals surface area contributed by atoms with Gasteiger partial charge in [-0.15, -0.1) is 0 Å². The second-order valence-corrected chi connectivity index (χ2v) is 12.1. The predicted octanol–water partition coefficient (Wildman–Crippen LogP) is 3.42. The number of sulfonamides is 1. The van der Waals surface area contributed by atoms with Crippen LogP contribution in [0.3, 0.4) is 0 Å². The molecule has 0 radical (unpaired) electrons.